The molecule has 1 aromatic carbocycles. The summed E-state index contributed by atoms with van der Waals surface area (Å²) in [5.74, 6) is -0.0853. The summed E-state index contributed by atoms with van der Waals surface area (Å²) in [6.07, 6.45) is 5.48. The van der Waals surface area contributed by atoms with Gasteiger partial charge in [-0.2, -0.15) is 0 Å². The van der Waals surface area contributed by atoms with Crippen LogP contribution in [0.1, 0.15) is 46.4 Å². The van der Waals surface area contributed by atoms with E-state index in [0.29, 0.717) is 6.54 Å². The summed E-state index contributed by atoms with van der Waals surface area (Å²) in [5.41, 5.74) is 4.18. The van der Waals surface area contributed by atoms with Crippen molar-refractivity contribution in [3.8, 4) is 0 Å². The average molecular weight is 308 g/mol. The third-order valence-corrected chi connectivity index (χ3v) is 4.19. The van der Waals surface area contributed by atoms with Crippen LogP contribution in [0.15, 0.2) is 42.6 Å². The van der Waals surface area contributed by atoms with Gasteiger partial charge in [0.1, 0.15) is 0 Å². The minimum absolute atomic E-state index is 0.0349. The van der Waals surface area contributed by atoms with Gasteiger partial charge < -0.3 is 5.32 Å². The predicted molar refractivity (Wildman–Crippen MR) is 88.1 cm³/mol. The first-order valence-electron chi connectivity index (χ1n) is 8.04. The van der Waals surface area contributed by atoms with Gasteiger partial charge in [-0.25, -0.2) is 0 Å². The van der Waals surface area contributed by atoms with Crippen molar-refractivity contribution >= 4 is 11.7 Å². The van der Waals surface area contributed by atoms with Gasteiger partial charge in [-0.3, -0.25) is 14.6 Å². The van der Waals surface area contributed by atoms with Crippen LogP contribution >= 0.6 is 0 Å². The molecule has 0 saturated heterocycles. The summed E-state index contributed by atoms with van der Waals surface area (Å²) in [4.78, 5) is 28.2. The molecule has 23 heavy (non-hydrogen) atoms. The highest BCUT2D eigenvalue weighted by Gasteiger charge is 2.14. The van der Waals surface area contributed by atoms with E-state index >= 15 is 0 Å². The first-order valence-corrected chi connectivity index (χ1v) is 8.04. The van der Waals surface area contributed by atoms with E-state index in [2.05, 4.69) is 16.4 Å². The second-order valence-corrected chi connectivity index (χ2v) is 5.86. The number of aryl methyl sites for hydroxylation is 2. The molecule has 1 heterocycles. The van der Waals surface area contributed by atoms with Crippen molar-refractivity contribution in [2.24, 2.45) is 0 Å². The molecule has 0 spiro atoms. The van der Waals surface area contributed by atoms with E-state index in [-0.39, 0.29) is 24.5 Å². The maximum absolute atomic E-state index is 12.2. The fourth-order valence-corrected chi connectivity index (χ4v) is 2.90. The van der Waals surface area contributed by atoms with Crippen LogP contribution in [0.25, 0.3) is 0 Å². The van der Waals surface area contributed by atoms with Crippen molar-refractivity contribution < 1.29 is 9.59 Å². The molecule has 0 fully saturated rings. The maximum atomic E-state index is 12.2. The minimum Gasteiger partial charge on any atom is -0.350 e. The van der Waals surface area contributed by atoms with Crippen LogP contribution in [0.5, 0.6) is 0 Å². The number of nitrogens with zero attached hydrogens (tertiary/aromatic N) is 1. The Balaban J connectivity index is 1.48. The number of carbonyl (C=O) groups is 2. The number of aromatic nitrogens is 1. The molecule has 118 valence electrons. The Labute approximate surface area is 135 Å². The second-order valence-electron chi connectivity index (χ2n) is 5.86. The summed E-state index contributed by atoms with van der Waals surface area (Å²) >= 11 is 0. The lowest BCUT2D eigenvalue weighted by Crippen LogP contribution is -2.23. The predicted octanol–water partition coefficient (Wildman–Crippen LogP) is 2.85. The number of Topliss-reactive ketones (excluding diaryl/α,β-unsaturated/α-hetero) is 1. The highest BCUT2D eigenvalue weighted by Crippen LogP contribution is 2.23. The van der Waals surface area contributed by atoms with Gasteiger partial charge in [0.25, 0.3) is 0 Å². The van der Waals surface area contributed by atoms with Gasteiger partial charge in [0.2, 0.25) is 5.91 Å². The van der Waals surface area contributed by atoms with Gasteiger partial charge in [0, 0.05) is 24.6 Å². The van der Waals surface area contributed by atoms with E-state index in [1.54, 1.807) is 6.20 Å². The normalized spacial score (nSPS) is 12.7. The molecular weight excluding hydrogens is 288 g/mol. The van der Waals surface area contributed by atoms with E-state index in [0.717, 1.165) is 24.1 Å². The van der Waals surface area contributed by atoms with Gasteiger partial charge >= 0.3 is 0 Å². The lowest BCUT2D eigenvalue weighted by atomic mass is 10.0. The number of rotatable bonds is 6. The number of ketones is 1. The summed E-state index contributed by atoms with van der Waals surface area (Å²) < 4.78 is 0. The SMILES string of the molecule is O=C(CCC(=O)c1ccc2c(c1)CCC2)NCc1ccccn1. The quantitative estimate of drug-likeness (QED) is 0.835. The first-order chi connectivity index (χ1) is 11.2. The standard InChI is InChI=1S/C19H20N2O2/c22-18(16-8-7-14-4-3-5-15(14)12-16)9-10-19(23)21-13-17-6-1-2-11-20-17/h1-2,6-8,11-12H,3-5,9-10,13H2,(H,21,23). The molecule has 0 atom stereocenters. The lowest BCUT2D eigenvalue weighted by Gasteiger charge is -2.06. The van der Waals surface area contributed by atoms with Crippen LogP contribution in [-0.2, 0) is 24.2 Å². The molecule has 1 aliphatic carbocycles. The van der Waals surface area contributed by atoms with E-state index in [1.807, 2.05) is 30.3 Å². The van der Waals surface area contributed by atoms with Crippen LogP contribution in [-0.4, -0.2) is 16.7 Å². The lowest BCUT2D eigenvalue weighted by molar-refractivity contribution is -0.121. The zero-order chi connectivity index (χ0) is 16.1. The van der Waals surface area contributed by atoms with Crippen molar-refractivity contribution in [3.05, 3.63) is 65.0 Å². The van der Waals surface area contributed by atoms with Crippen LogP contribution in [0.2, 0.25) is 0 Å². The Bertz CT molecular complexity index is 711. The molecule has 3 rings (SSSR count). The van der Waals surface area contributed by atoms with Crippen molar-refractivity contribution in [1.29, 1.82) is 0 Å². The fraction of sp³-hybridized carbons (Fsp3) is 0.316. The molecule has 1 amide bonds. The minimum atomic E-state index is -0.120. The number of carbonyl (C=O) groups excluding carboxylic acids is 2. The van der Waals surface area contributed by atoms with Crippen molar-refractivity contribution in [2.45, 2.75) is 38.6 Å². The van der Waals surface area contributed by atoms with Gasteiger partial charge in [-0.15, -0.1) is 0 Å². The van der Waals surface area contributed by atoms with Crippen molar-refractivity contribution in [2.75, 3.05) is 0 Å². The van der Waals surface area contributed by atoms with E-state index in [4.69, 9.17) is 0 Å². The van der Waals surface area contributed by atoms with Gasteiger partial charge in [-0.1, -0.05) is 18.2 Å². The van der Waals surface area contributed by atoms with E-state index in [9.17, 15) is 9.59 Å². The summed E-state index contributed by atoms with van der Waals surface area (Å²) in [6.45, 7) is 0.396. The third kappa shape index (κ3) is 4.03. The Hall–Kier alpha value is -2.49. The number of nitrogens with one attached hydrogen (secondary N) is 1. The number of hydrogen-bond donors (Lipinski definition) is 1. The van der Waals surface area contributed by atoms with Gasteiger partial charge in [-0.05, 0) is 48.6 Å². The Morgan fingerprint density at radius 1 is 1.04 bits per heavy atom. The summed E-state index contributed by atoms with van der Waals surface area (Å²) in [5, 5.41) is 2.79. The number of benzene rings is 1. The zero-order valence-electron chi connectivity index (χ0n) is 13.0. The molecule has 0 unspecified atom stereocenters. The summed E-state index contributed by atoms with van der Waals surface area (Å²) in [6, 6.07) is 11.5. The van der Waals surface area contributed by atoms with E-state index < -0.39 is 0 Å². The Kier molecular flexibility index (Phi) is 4.81. The zero-order valence-corrected chi connectivity index (χ0v) is 13.0. The van der Waals surface area contributed by atoms with Crippen LogP contribution < -0.4 is 5.32 Å². The largest absolute Gasteiger partial charge is 0.350 e. The molecule has 2 aromatic rings. The van der Waals surface area contributed by atoms with Crippen LogP contribution in [0.4, 0.5) is 0 Å². The maximum Gasteiger partial charge on any atom is 0.220 e. The molecular formula is C19H20N2O2. The molecule has 0 aliphatic heterocycles. The van der Waals surface area contributed by atoms with Crippen LogP contribution in [0, 0.1) is 0 Å². The topological polar surface area (TPSA) is 59.1 Å². The molecule has 4 nitrogen and oxygen atoms in total. The highest BCUT2D eigenvalue weighted by atomic mass is 16.2. The molecule has 0 radical (unpaired) electrons. The smallest absolute Gasteiger partial charge is 0.220 e. The van der Waals surface area contributed by atoms with E-state index in [1.165, 1.54) is 17.5 Å². The summed E-state index contributed by atoms with van der Waals surface area (Å²) in [7, 11) is 0. The monoisotopic (exact) mass is 308 g/mol. The molecule has 1 aromatic heterocycles. The van der Waals surface area contributed by atoms with Crippen molar-refractivity contribution in [1.82, 2.24) is 10.3 Å². The van der Waals surface area contributed by atoms with Gasteiger partial charge in [0.15, 0.2) is 5.78 Å². The van der Waals surface area contributed by atoms with Gasteiger partial charge in [0.05, 0.1) is 12.2 Å². The molecule has 1 N–H and O–H groups in total. The Morgan fingerprint density at radius 2 is 1.91 bits per heavy atom. The molecule has 0 saturated carbocycles. The second kappa shape index (κ2) is 7.18. The first kappa shape index (κ1) is 15.4. The van der Waals surface area contributed by atoms with Crippen LogP contribution in [0.3, 0.4) is 0 Å². The van der Waals surface area contributed by atoms with Crippen molar-refractivity contribution in [3.63, 3.8) is 0 Å². The Morgan fingerprint density at radius 3 is 2.74 bits per heavy atom. The number of pyridine rings is 1. The number of fused-ring (bicyclic) bond motifs is 1. The fourth-order valence-electron chi connectivity index (χ4n) is 2.90. The third-order valence-electron chi connectivity index (χ3n) is 4.19. The molecule has 1 aliphatic rings. The molecule has 4 heteroatoms. The number of hydrogen-bond acceptors (Lipinski definition) is 3. The number of amides is 1. The molecule has 0 bridgehead atoms. The highest BCUT2D eigenvalue weighted by molar-refractivity contribution is 5.98. The average Bonchev–Trinajstić information content (AvgIpc) is 3.06.